The van der Waals surface area contributed by atoms with Crippen molar-refractivity contribution in [2.75, 3.05) is 0 Å². The van der Waals surface area contributed by atoms with Gasteiger partial charge in [-0.2, -0.15) is 10.5 Å². The van der Waals surface area contributed by atoms with Crippen LogP contribution in [0.25, 0.3) is 71.2 Å². The minimum Gasteiger partial charge on any atom is -0.309 e. The van der Waals surface area contributed by atoms with Crippen LogP contribution in [0.1, 0.15) is 41.8 Å². The molecular weight excluding hydrogens is 579 g/mol. The molecule has 0 unspecified atom stereocenters. The van der Waals surface area contributed by atoms with E-state index in [9.17, 15) is 10.5 Å². The summed E-state index contributed by atoms with van der Waals surface area (Å²) >= 11 is 1.83. The van der Waals surface area contributed by atoms with Crippen LogP contribution < -0.4 is 0 Å². The molecule has 0 saturated heterocycles. The molecule has 0 fully saturated rings. The number of para-hydroxylation sites is 1. The fourth-order valence-electron chi connectivity index (χ4n) is 7.55. The van der Waals surface area contributed by atoms with Crippen molar-refractivity contribution in [3.63, 3.8) is 0 Å². The average molecular weight is 604 g/mol. The van der Waals surface area contributed by atoms with Gasteiger partial charge in [-0.1, -0.05) is 68.4 Å². The minimum absolute atomic E-state index is 0.0665. The molecule has 0 spiro atoms. The van der Waals surface area contributed by atoms with Gasteiger partial charge in [0.1, 0.15) is 6.07 Å². The molecular formula is C42H25N3S. The third kappa shape index (κ3) is 3.58. The van der Waals surface area contributed by atoms with E-state index < -0.39 is 0 Å². The monoisotopic (exact) mass is 603 g/mol. The lowest BCUT2D eigenvalue weighted by molar-refractivity contribution is 0.661. The van der Waals surface area contributed by atoms with E-state index in [1.807, 2.05) is 47.8 Å². The van der Waals surface area contributed by atoms with Gasteiger partial charge >= 0.3 is 0 Å². The molecule has 2 aromatic heterocycles. The molecule has 0 saturated carbocycles. The summed E-state index contributed by atoms with van der Waals surface area (Å²) in [5.74, 6) is 0. The number of hydrogen-bond donors (Lipinski definition) is 0. The molecule has 3 nitrogen and oxygen atoms in total. The van der Waals surface area contributed by atoms with Crippen LogP contribution in [0, 0.1) is 22.7 Å². The number of nitrogens with zero attached hydrogens (tertiary/aromatic N) is 3. The average Bonchev–Trinajstić information content (AvgIpc) is 3.62. The summed E-state index contributed by atoms with van der Waals surface area (Å²) in [6, 6.07) is 39.1. The van der Waals surface area contributed by atoms with Crippen LogP contribution in [-0.2, 0) is 5.41 Å². The van der Waals surface area contributed by atoms with E-state index in [1.165, 1.54) is 42.4 Å². The maximum absolute atomic E-state index is 10.1. The number of allylic oxidation sites excluding steroid dienone is 2. The summed E-state index contributed by atoms with van der Waals surface area (Å²) in [6.45, 7) is 4.65. The fraction of sp³-hybridized carbons (Fsp3) is 0.0714. The molecule has 0 atom stereocenters. The van der Waals surface area contributed by atoms with E-state index in [0.29, 0.717) is 11.1 Å². The van der Waals surface area contributed by atoms with Crippen molar-refractivity contribution in [3.05, 3.63) is 142 Å². The standard InChI is InChI=1S/C42H25N3S/c1-42(2)34-11-5-3-8-27(34)31-21-33-40(22-35(31)42)46-39-13-7-10-30(41(33)39)32-20-26(24-44)16-19-38(32)45-36-12-6-4-9-28(36)29-17-14-25(23-43)15-18-37(29)45/h3-13,15-22H,1-2H3. The van der Waals surface area contributed by atoms with Crippen molar-refractivity contribution in [3.8, 4) is 40.1 Å². The van der Waals surface area contributed by atoms with Crippen LogP contribution in [0.4, 0.5) is 0 Å². The zero-order chi connectivity index (χ0) is 31.2. The van der Waals surface area contributed by atoms with Crippen LogP contribution >= 0.6 is 11.3 Å². The summed E-state index contributed by atoms with van der Waals surface area (Å²) in [5, 5.41) is 23.2. The highest BCUT2D eigenvalue weighted by Gasteiger charge is 2.36. The molecule has 0 bridgehead atoms. The van der Waals surface area contributed by atoms with Crippen LogP contribution in [0.15, 0.2) is 114 Å². The number of fused-ring (bicyclic) bond motifs is 9. The smallest absolute Gasteiger partial charge is 0.108 e. The second-order valence-corrected chi connectivity index (χ2v) is 13.6. The van der Waals surface area contributed by atoms with Gasteiger partial charge in [0.25, 0.3) is 0 Å². The zero-order valence-electron chi connectivity index (χ0n) is 25.2. The van der Waals surface area contributed by atoms with Crippen molar-refractivity contribution in [1.82, 2.24) is 4.57 Å². The van der Waals surface area contributed by atoms with Gasteiger partial charge in [0.15, 0.2) is 0 Å². The van der Waals surface area contributed by atoms with E-state index in [2.05, 4.69) is 115 Å². The normalized spacial score (nSPS) is 14.0. The first-order valence-electron chi connectivity index (χ1n) is 15.3. The summed E-state index contributed by atoms with van der Waals surface area (Å²) in [5.41, 5.74) is 15.7. The molecule has 214 valence electrons. The molecule has 4 heteroatoms. The van der Waals surface area contributed by atoms with Crippen LogP contribution in [0.5, 0.6) is 0 Å². The Morgan fingerprint density at radius 3 is 2.39 bits per heavy atom. The van der Waals surface area contributed by atoms with Gasteiger partial charge in [-0.25, -0.2) is 0 Å². The van der Waals surface area contributed by atoms with Gasteiger partial charge in [-0.15, -0.1) is 17.1 Å². The fourth-order valence-corrected chi connectivity index (χ4v) is 8.70. The second-order valence-electron chi connectivity index (χ2n) is 12.5. The number of benzene rings is 5. The summed E-state index contributed by atoms with van der Waals surface area (Å²) < 4.78 is 4.75. The van der Waals surface area contributed by atoms with E-state index >= 15 is 0 Å². The van der Waals surface area contributed by atoms with Crippen molar-refractivity contribution < 1.29 is 0 Å². The topological polar surface area (TPSA) is 52.5 Å². The molecule has 2 aliphatic carbocycles. The summed E-state index contributed by atoms with van der Waals surface area (Å²) in [4.78, 5) is 0. The Morgan fingerprint density at radius 1 is 0.696 bits per heavy atom. The Hall–Kier alpha value is -5.90. The number of rotatable bonds is 2. The molecule has 9 rings (SSSR count). The Bertz CT molecular complexity index is 2670. The zero-order valence-corrected chi connectivity index (χ0v) is 26.0. The highest BCUT2D eigenvalue weighted by molar-refractivity contribution is 7.26. The molecule has 0 N–H and O–H groups in total. The van der Waals surface area contributed by atoms with Crippen molar-refractivity contribution in [1.29, 1.82) is 10.5 Å². The van der Waals surface area contributed by atoms with E-state index in [-0.39, 0.29) is 5.41 Å². The van der Waals surface area contributed by atoms with E-state index in [0.717, 1.165) is 39.0 Å². The molecule has 46 heavy (non-hydrogen) atoms. The maximum Gasteiger partial charge on any atom is 0.108 e. The first-order chi connectivity index (χ1) is 22.5. The van der Waals surface area contributed by atoms with Gasteiger partial charge in [-0.05, 0) is 88.5 Å². The molecule has 2 aliphatic rings. The lowest BCUT2D eigenvalue weighted by atomic mass is 9.82. The number of thiophene rings is 1. The van der Waals surface area contributed by atoms with Gasteiger partial charge < -0.3 is 4.57 Å². The lowest BCUT2D eigenvalue weighted by Gasteiger charge is -2.21. The Balaban J connectivity index is 1.36. The van der Waals surface area contributed by atoms with Crippen LogP contribution in [-0.4, -0.2) is 4.57 Å². The highest BCUT2D eigenvalue weighted by atomic mass is 32.1. The van der Waals surface area contributed by atoms with Gasteiger partial charge in [0.05, 0.1) is 34.1 Å². The molecule has 0 amide bonds. The first-order valence-corrected chi connectivity index (χ1v) is 16.1. The van der Waals surface area contributed by atoms with E-state index in [1.54, 1.807) is 0 Å². The number of hydrogen-bond acceptors (Lipinski definition) is 3. The van der Waals surface area contributed by atoms with Crippen LogP contribution in [0.3, 0.4) is 0 Å². The Kier molecular flexibility index (Phi) is 5.50. The first kappa shape index (κ1) is 26.5. The minimum atomic E-state index is -0.0665. The molecule has 0 radical (unpaired) electrons. The van der Waals surface area contributed by atoms with Gasteiger partial charge in [-0.3, -0.25) is 0 Å². The largest absolute Gasteiger partial charge is 0.309 e. The van der Waals surface area contributed by atoms with Crippen molar-refractivity contribution in [2.24, 2.45) is 0 Å². The summed E-state index contributed by atoms with van der Waals surface area (Å²) in [6.07, 6.45) is 5.76. The molecule has 0 aliphatic heterocycles. The molecule has 2 heterocycles. The van der Waals surface area contributed by atoms with Crippen molar-refractivity contribution in [2.45, 2.75) is 19.3 Å². The second kappa shape index (κ2) is 9.55. The third-order valence-corrected chi connectivity index (χ3v) is 10.8. The number of nitriles is 2. The predicted molar refractivity (Wildman–Crippen MR) is 190 cm³/mol. The lowest BCUT2D eigenvalue weighted by Crippen LogP contribution is -2.14. The Labute approximate surface area is 270 Å². The molecule has 5 aromatic carbocycles. The molecule has 7 aromatic rings. The summed E-state index contributed by atoms with van der Waals surface area (Å²) in [7, 11) is 0. The SMILES string of the molecule is CC1(C)c2ccccc2-c2cc3c(cc21)sc1cccc(-c2cc(C#N)ccc2-n2c4c(c5ccccc52)C=C=C(C#N)C=C4)c13. The number of aromatic nitrogens is 1. The quantitative estimate of drug-likeness (QED) is 0.185. The Morgan fingerprint density at radius 2 is 1.52 bits per heavy atom. The van der Waals surface area contributed by atoms with Gasteiger partial charge in [0, 0.05) is 42.1 Å². The highest BCUT2D eigenvalue weighted by Crippen LogP contribution is 2.52. The van der Waals surface area contributed by atoms with Gasteiger partial charge in [0.2, 0.25) is 0 Å². The maximum atomic E-state index is 10.1. The van der Waals surface area contributed by atoms with Crippen molar-refractivity contribution >= 4 is 54.6 Å². The third-order valence-electron chi connectivity index (χ3n) is 9.71. The van der Waals surface area contributed by atoms with E-state index in [4.69, 9.17) is 0 Å². The predicted octanol–water partition coefficient (Wildman–Crippen LogP) is 10.9. The van der Waals surface area contributed by atoms with Crippen LogP contribution in [0.2, 0.25) is 0 Å².